The zero-order valence-corrected chi connectivity index (χ0v) is 12.0. The second kappa shape index (κ2) is 6.82. The standard InChI is InChI=1S/C15H18BrNO/c1-2-8-18-15-7-6-14(16)9-13(15)11-17-10-12-4-3-5-12/h1,6-7,9,12,17H,3-5,8,10-11H2. The molecule has 0 atom stereocenters. The lowest BCUT2D eigenvalue weighted by atomic mass is 9.85. The van der Waals surface area contributed by atoms with Gasteiger partial charge in [0.1, 0.15) is 12.4 Å². The topological polar surface area (TPSA) is 21.3 Å². The van der Waals surface area contributed by atoms with Gasteiger partial charge in [0.25, 0.3) is 0 Å². The van der Waals surface area contributed by atoms with Gasteiger partial charge in [-0.15, -0.1) is 6.42 Å². The van der Waals surface area contributed by atoms with Crippen molar-refractivity contribution in [3.63, 3.8) is 0 Å². The van der Waals surface area contributed by atoms with E-state index in [-0.39, 0.29) is 0 Å². The SMILES string of the molecule is C#CCOc1ccc(Br)cc1CNCC1CCC1. The van der Waals surface area contributed by atoms with E-state index >= 15 is 0 Å². The molecule has 1 fully saturated rings. The van der Waals surface area contributed by atoms with Crippen LogP contribution in [0.1, 0.15) is 24.8 Å². The van der Waals surface area contributed by atoms with Crippen LogP contribution in [0.15, 0.2) is 22.7 Å². The van der Waals surface area contributed by atoms with Gasteiger partial charge in [-0.2, -0.15) is 0 Å². The minimum absolute atomic E-state index is 0.317. The Balaban J connectivity index is 1.91. The molecule has 3 heteroatoms. The molecule has 0 amide bonds. The van der Waals surface area contributed by atoms with Crippen LogP contribution in [0.2, 0.25) is 0 Å². The molecule has 1 aromatic rings. The first kappa shape index (κ1) is 13.5. The Hall–Kier alpha value is -0.980. The van der Waals surface area contributed by atoms with Crippen molar-refractivity contribution < 1.29 is 4.74 Å². The van der Waals surface area contributed by atoms with Crippen LogP contribution < -0.4 is 10.1 Å². The van der Waals surface area contributed by atoms with Gasteiger partial charge in [0.15, 0.2) is 0 Å². The maximum absolute atomic E-state index is 5.54. The van der Waals surface area contributed by atoms with Crippen molar-refractivity contribution in [1.29, 1.82) is 0 Å². The van der Waals surface area contributed by atoms with E-state index < -0.39 is 0 Å². The zero-order chi connectivity index (χ0) is 12.8. The lowest BCUT2D eigenvalue weighted by molar-refractivity contribution is 0.300. The molecule has 1 aromatic carbocycles. The van der Waals surface area contributed by atoms with Gasteiger partial charge in [-0.25, -0.2) is 0 Å². The normalized spacial score (nSPS) is 14.9. The summed E-state index contributed by atoms with van der Waals surface area (Å²) in [7, 11) is 0. The molecule has 0 radical (unpaired) electrons. The molecule has 1 aliphatic rings. The van der Waals surface area contributed by atoms with Crippen LogP contribution in [0.4, 0.5) is 0 Å². The molecule has 2 nitrogen and oxygen atoms in total. The predicted octanol–water partition coefficient (Wildman–Crippen LogP) is 3.35. The second-order valence-electron chi connectivity index (χ2n) is 4.67. The van der Waals surface area contributed by atoms with Crippen LogP contribution in [0.5, 0.6) is 5.75 Å². The van der Waals surface area contributed by atoms with Crippen molar-refractivity contribution in [3.8, 4) is 18.1 Å². The first-order valence-corrected chi connectivity index (χ1v) is 7.14. The number of benzene rings is 1. The lowest BCUT2D eigenvalue weighted by Crippen LogP contribution is -2.27. The minimum Gasteiger partial charge on any atom is -0.481 e. The Bertz CT molecular complexity index is 435. The Kier molecular flexibility index (Phi) is 5.10. The van der Waals surface area contributed by atoms with E-state index in [9.17, 15) is 0 Å². The van der Waals surface area contributed by atoms with Gasteiger partial charge < -0.3 is 10.1 Å². The van der Waals surface area contributed by atoms with Crippen molar-refractivity contribution in [2.24, 2.45) is 5.92 Å². The van der Waals surface area contributed by atoms with Crippen molar-refractivity contribution in [2.75, 3.05) is 13.2 Å². The molecular weight excluding hydrogens is 290 g/mol. The highest BCUT2D eigenvalue weighted by Gasteiger charge is 2.16. The molecule has 1 aliphatic carbocycles. The van der Waals surface area contributed by atoms with Gasteiger partial charge in [-0.1, -0.05) is 28.3 Å². The van der Waals surface area contributed by atoms with Crippen molar-refractivity contribution in [2.45, 2.75) is 25.8 Å². The molecule has 0 heterocycles. The molecule has 0 bridgehead atoms. The molecule has 96 valence electrons. The van der Waals surface area contributed by atoms with Gasteiger partial charge in [0.05, 0.1) is 0 Å². The van der Waals surface area contributed by atoms with Crippen molar-refractivity contribution in [3.05, 3.63) is 28.2 Å². The summed E-state index contributed by atoms with van der Waals surface area (Å²) < 4.78 is 6.61. The maximum Gasteiger partial charge on any atom is 0.148 e. The highest BCUT2D eigenvalue weighted by molar-refractivity contribution is 9.10. The molecular formula is C15H18BrNO. The maximum atomic E-state index is 5.54. The monoisotopic (exact) mass is 307 g/mol. The molecule has 0 unspecified atom stereocenters. The smallest absolute Gasteiger partial charge is 0.148 e. The second-order valence-corrected chi connectivity index (χ2v) is 5.59. The van der Waals surface area contributed by atoms with E-state index in [0.29, 0.717) is 6.61 Å². The van der Waals surface area contributed by atoms with E-state index in [1.54, 1.807) is 0 Å². The number of terminal acetylenes is 1. The van der Waals surface area contributed by atoms with Crippen molar-refractivity contribution in [1.82, 2.24) is 5.32 Å². The van der Waals surface area contributed by atoms with E-state index in [4.69, 9.17) is 11.2 Å². The van der Waals surface area contributed by atoms with E-state index in [1.165, 1.54) is 19.3 Å². The predicted molar refractivity (Wildman–Crippen MR) is 77.5 cm³/mol. The summed E-state index contributed by atoms with van der Waals surface area (Å²) in [5, 5.41) is 3.50. The molecule has 18 heavy (non-hydrogen) atoms. The van der Waals surface area contributed by atoms with Gasteiger partial charge in [-0.3, -0.25) is 0 Å². The number of ether oxygens (including phenoxy) is 1. The Labute approximate surface area is 117 Å². The number of nitrogens with one attached hydrogen (secondary N) is 1. The fraction of sp³-hybridized carbons (Fsp3) is 0.467. The van der Waals surface area contributed by atoms with E-state index in [2.05, 4.69) is 33.2 Å². The molecule has 0 spiro atoms. The Morgan fingerprint density at radius 1 is 1.44 bits per heavy atom. The fourth-order valence-corrected chi connectivity index (χ4v) is 2.46. The van der Waals surface area contributed by atoms with Gasteiger partial charge >= 0.3 is 0 Å². The molecule has 0 saturated heterocycles. The highest BCUT2D eigenvalue weighted by Crippen LogP contribution is 2.26. The van der Waals surface area contributed by atoms with Crippen LogP contribution in [-0.2, 0) is 6.54 Å². The minimum atomic E-state index is 0.317. The number of hydrogen-bond donors (Lipinski definition) is 1. The number of hydrogen-bond acceptors (Lipinski definition) is 2. The average Bonchev–Trinajstić information content (AvgIpc) is 2.31. The quantitative estimate of drug-likeness (QED) is 0.814. The highest BCUT2D eigenvalue weighted by atomic mass is 79.9. The third kappa shape index (κ3) is 3.76. The zero-order valence-electron chi connectivity index (χ0n) is 10.4. The van der Waals surface area contributed by atoms with E-state index in [1.807, 2.05) is 12.1 Å². The van der Waals surface area contributed by atoms with Crippen LogP contribution >= 0.6 is 15.9 Å². The largest absolute Gasteiger partial charge is 0.481 e. The van der Waals surface area contributed by atoms with Gasteiger partial charge in [0, 0.05) is 16.6 Å². The fourth-order valence-electron chi connectivity index (χ4n) is 2.05. The first-order chi connectivity index (χ1) is 8.79. The lowest BCUT2D eigenvalue weighted by Gasteiger charge is -2.25. The van der Waals surface area contributed by atoms with Gasteiger partial charge in [0.2, 0.25) is 0 Å². The molecule has 1 saturated carbocycles. The summed E-state index contributed by atoms with van der Waals surface area (Å²) in [6.07, 6.45) is 9.34. The van der Waals surface area contributed by atoms with Crippen LogP contribution in [0.3, 0.4) is 0 Å². The third-order valence-corrected chi connectivity index (χ3v) is 3.80. The average molecular weight is 308 g/mol. The van der Waals surface area contributed by atoms with E-state index in [0.717, 1.165) is 34.8 Å². The third-order valence-electron chi connectivity index (χ3n) is 3.31. The van der Waals surface area contributed by atoms with Gasteiger partial charge in [-0.05, 0) is 43.5 Å². The van der Waals surface area contributed by atoms with Crippen molar-refractivity contribution >= 4 is 15.9 Å². The van der Waals surface area contributed by atoms with Crippen LogP contribution in [0, 0.1) is 18.3 Å². The molecule has 2 rings (SSSR count). The summed E-state index contributed by atoms with van der Waals surface area (Å²) in [6.45, 7) is 2.24. The molecule has 1 N–H and O–H groups in total. The summed E-state index contributed by atoms with van der Waals surface area (Å²) in [6, 6.07) is 6.02. The molecule has 0 aliphatic heterocycles. The number of halogens is 1. The summed E-state index contributed by atoms with van der Waals surface area (Å²) >= 11 is 3.49. The summed E-state index contributed by atoms with van der Waals surface area (Å²) in [4.78, 5) is 0. The number of rotatable bonds is 6. The van der Waals surface area contributed by atoms with Crippen LogP contribution in [0.25, 0.3) is 0 Å². The first-order valence-electron chi connectivity index (χ1n) is 6.35. The molecule has 0 aromatic heterocycles. The Morgan fingerprint density at radius 3 is 2.94 bits per heavy atom. The van der Waals surface area contributed by atoms with Crippen LogP contribution in [-0.4, -0.2) is 13.2 Å². The summed E-state index contributed by atoms with van der Waals surface area (Å²) in [5.41, 5.74) is 1.15. The summed E-state index contributed by atoms with van der Waals surface area (Å²) in [5.74, 6) is 4.24. The Morgan fingerprint density at radius 2 is 2.28 bits per heavy atom.